The molecule has 0 heterocycles. The zero-order chi connectivity index (χ0) is 14.2. The summed E-state index contributed by atoms with van der Waals surface area (Å²) >= 11 is 0. The van der Waals surface area contributed by atoms with Crippen molar-refractivity contribution in [3.8, 4) is 0 Å². The average molecular weight is 272 g/mol. The lowest BCUT2D eigenvalue weighted by atomic mass is 9.72. The number of hydrogen-bond donors (Lipinski definition) is 1. The molecule has 1 fully saturated rings. The van der Waals surface area contributed by atoms with E-state index in [1.165, 1.54) is 12.8 Å². The minimum Gasteiger partial charge on any atom is -0.414 e. The molecule has 3 heteroatoms. The molecule has 0 aromatic carbocycles. The quantitative estimate of drug-likeness (QED) is 0.778. The molecule has 1 aliphatic carbocycles. The van der Waals surface area contributed by atoms with Gasteiger partial charge in [-0.05, 0) is 49.9 Å². The van der Waals surface area contributed by atoms with Gasteiger partial charge in [0.2, 0.25) is 0 Å². The minimum absolute atomic E-state index is 0.315. The highest BCUT2D eigenvalue weighted by Crippen LogP contribution is 2.42. The summed E-state index contributed by atoms with van der Waals surface area (Å²) in [4.78, 5) is 0. The molecule has 2 unspecified atom stereocenters. The molecule has 0 spiro atoms. The van der Waals surface area contributed by atoms with E-state index < -0.39 is 8.32 Å². The van der Waals surface area contributed by atoms with E-state index in [0.717, 1.165) is 6.42 Å². The van der Waals surface area contributed by atoms with E-state index in [9.17, 15) is 0 Å². The normalized spacial score (nSPS) is 29.3. The topological polar surface area (TPSA) is 21.3 Å². The van der Waals surface area contributed by atoms with Crippen LogP contribution in [0.5, 0.6) is 0 Å². The molecule has 0 saturated heterocycles. The summed E-state index contributed by atoms with van der Waals surface area (Å²) in [5, 5.41) is 3.80. The van der Waals surface area contributed by atoms with Gasteiger partial charge in [0.15, 0.2) is 8.32 Å². The van der Waals surface area contributed by atoms with Crippen molar-refractivity contribution in [3.05, 3.63) is 0 Å². The van der Waals surface area contributed by atoms with Crippen LogP contribution in [0.1, 0.15) is 53.9 Å². The third-order valence-electron chi connectivity index (χ3n) is 5.17. The largest absolute Gasteiger partial charge is 0.414 e. The molecule has 0 aromatic rings. The molecule has 0 aromatic heterocycles. The Labute approximate surface area is 115 Å². The van der Waals surface area contributed by atoms with Crippen molar-refractivity contribution in [2.24, 2.45) is 5.41 Å². The Bertz CT molecular complexity index is 281. The summed E-state index contributed by atoms with van der Waals surface area (Å²) in [6.45, 7) is 16.4. The smallest absolute Gasteiger partial charge is 0.192 e. The maximum absolute atomic E-state index is 6.57. The second kappa shape index (κ2) is 5.26. The molecule has 2 nitrogen and oxygen atoms in total. The molecule has 1 aliphatic rings. The molecule has 0 aliphatic heterocycles. The number of nitrogens with one attached hydrogen (secondary N) is 1. The van der Waals surface area contributed by atoms with E-state index in [1.807, 2.05) is 0 Å². The monoisotopic (exact) mass is 271 g/mol. The van der Waals surface area contributed by atoms with E-state index in [0.29, 0.717) is 22.6 Å². The van der Waals surface area contributed by atoms with E-state index >= 15 is 0 Å². The van der Waals surface area contributed by atoms with Crippen molar-refractivity contribution in [2.45, 2.75) is 84.2 Å². The summed E-state index contributed by atoms with van der Waals surface area (Å²) in [6.07, 6.45) is 4.10. The van der Waals surface area contributed by atoms with Gasteiger partial charge in [0.1, 0.15) is 0 Å². The molecule has 0 radical (unpaired) electrons. The second-order valence-electron chi connectivity index (χ2n) is 8.10. The van der Waals surface area contributed by atoms with Crippen LogP contribution in [-0.2, 0) is 4.43 Å². The summed E-state index contributed by atoms with van der Waals surface area (Å²) < 4.78 is 6.57. The van der Waals surface area contributed by atoms with Crippen molar-refractivity contribution < 1.29 is 4.43 Å². The number of rotatable bonds is 3. The van der Waals surface area contributed by atoms with Gasteiger partial charge < -0.3 is 9.74 Å². The van der Waals surface area contributed by atoms with Gasteiger partial charge >= 0.3 is 0 Å². The Kier molecular flexibility index (Phi) is 4.73. The summed E-state index contributed by atoms with van der Waals surface area (Å²) in [7, 11) is 0.476. The average Bonchev–Trinajstić information content (AvgIpc) is 2.18. The minimum atomic E-state index is -1.61. The Hall–Kier alpha value is 0.137. The lowest BCUT2D eigenvalue weighted by Crippen LogP contribution is -2.51. The highest BCUT2D eigenvalue weighted by atomic mass is 28.4. The van der Waals surface area contributed by atoms with Crippen LogP contribution in [0.25, 0.3) is 0 Å². The van der Waals surface area contributed by atoms with Crippen molar-refractivity contribution in [1.29, 1.82) is 0 Å². The summed E-state index contributed by atoms with van der Waals surface area (Å²) in [6, 6.07) is 0.584. The van der Waals surface area contributed by atoms with Crippen LogP contribution >= 0.6 is 0 Å². The first kappa shape index (κ1) is 16.2. The molecule has 18 heavy (non-hydrogen) atoms. The Morgan fingerprint density at radius 3 is 2.22 bits per heavy atom. The third-order valence-corrected chi connectivity index (χ3v) is 9.70. The highest BCUT2D eigenvalue weighted by molar-refractivity contribution is 6.74. The lowest BCUT2D eigenvalue weighted by molar-refractivity contribution is 0.0585. The molecular formula is C15H33NOSi. The Balaban J connectivity index is 2.66. The fourth-order valence-electron chi connectivity index (χ4n) is 2.62. The van der Waals surface area contributed by atoms with Crippen LogP contribution in [0.2, 0.25) is 18.1 Å². The zero-order valence-electron chi connectivity index (χ0n) is 13.7. The van der Waals surface area contributed by atoms with Gasteiger partial charge in [0, 0.05) is 12.1 Å². The van der Waals surface area contributed by atoms with Gasteiger partial charge in [-0.25, -0.2) is 0 Å². The molecule has 2 atom stereocenters. The van der Waals surface area contributed by atoms with Crippen LogP contribution in [0, 0.1) is 5.41 Å². The summed E-state index contributed by atoms with van der Waals surface area (Å²) in [5.41, 5.74) is 0.405. The molecule has 1 saturated carbocycles. The van der Waals surface area contributed by atoms with Gasteiger partial charge in [0.05, 0.1) is 0 Å². The van der Waals surface area contributed by atoms with Crippen LogP contribution in [0.3, 0.4) is 0 Å². The predicted molar refractivity (Wildman–Crippen MR) is 82.5 cm³/mol. The Morgan fingerprint density at radius 1 is 1.22 bits per heavy atom. The van der Waals surface area contributed by atoms with Gasteiger partial charge in [-0.1, -0.05) is 34.6 Å². The van der Waals surface area contributed by atoms with Crippen LogP contribution in [0.4, 0.5) is 0 Å². The Morgan fingerprint density at radius 2 is 1.78 bits per heavy atom. The fraction of sp³-hybridized carbons (Fsp3) is 1.00. The van der Waals surface area contributed by atoms with Crippen LogP contribution in [0.15, 0.2) is 0 Å². The highest BCUT2D eigenvalue weighted by Gasteiger charge is 2.42. The van der Waals surface area contributed by atoms with E-state index in [1.54, 1.807) is 0 Å². The first-order chi connectivity index (χ1) is 7.99. The van der Waals surface area contributed by atoms with Crippen molar-refractivity contribution in [1.82, 2.24) is 5.32 Å². The first-order valence-corrected chi connectivity index (χ1v) is 10.3. The van der Waals surface area contributed by atoms with Gasteiger partial charge in [-0.3, -0.25) is 0 Å². The van der Waals surface area contributed by atoms with Crippen LogP contribution < -0.4 is 5.32 Å². The zero-order valence-corrected chi connectivity index (χ0v) is 14.7. The van der Waals surface area contributed by atoms with E-state index in [4.69, 9.17) is 4.43 Å². The molecule has 108 valence electrons. The SMILES string of the molecule is CNC1CC(O[Si](C)(C)C(C)(C)C)CCC1(C)C. The standard InChI is InChI=1S/C15H33NOSi/c1-14(2,3)18(7,8)17-12-9-10-15(4,5)13(11-12)16-6/h12-13,16H,9-11H2,1-8H3. The lowest BCUT2D eigenvalue weighted by Gasteiger charge is -2.46. The molecule has 0 bridgehead atoms. The van der Waals surface area contributed by atoms with Crippen molar-refractivity contribution >= 4 is 8.32 Å². The second-order valence-corrected chi connectivity index (χ2v) is 12.9. The maximum Gasteiger partial charge on any atom is 0.192 e. The van der Waals surface area contributed by atoms with Crippen LogP contribution in [-0.4, -0.2) is 27.5 Å². The van der Waals surface area contributed by atoms with Crippen molar-refractivity contribution in [2.75, 3.05) is 7.05 Å². The van der Waals surface area contributed by atoms with E-state index in [2.05, 4.69) is 60.1 Å². The van der Waals surface area contributed by atoms with Gasteiger partial charge in [0.25, 0.3) is 0 Å². The fourth-order valence-corrected chi connectivity index (χ4v) is 4.02. The van der Waals surface area contributed by atoms with Crippen molar-refractivity contribution in [3.63, 3.8) is 0 Å². The van der Waals surface area contributed by atoms with Gasteiger partial charge in [-0.15, -0.1) is 0 Å². The maximum atomic E-state index is 6.57. The molecule has 1 N–H and O–H groups in total. The third kappa shape index (κ3) is 3.58. The number of hydrogen-bond acceptors (Lipinski definition) is 2. The van der Waals surface area contributed by atoms with E-state index in [-0.39, 0.29) is 0 Å². The molecule has 0 amide bonds. The molecule has 1 rings (SSSR count). The summed E-state index contributed by atoms with van der Waals surface area (Å²) in [5.74, 6) is 0. The van der Waals surface area contributed by atoms with Gasteiger partial charge in [-0.2, -0.15) is 0 Å². The molecular weight excluding hydrogens is 238 g/mol. The first-order valence-electron chi connectivity index (χ1n) is 7.35. The predicted octanol–water partition coefficient (Wildman–Crippen LogP) is 4.17.